The quantitative estimate of drug-likeness (QED) is 0.837. The number of nitrogens with zero attached hydrogens (tertiary/aromatic N) is 1. The molecule has 1 aromatic carbocycles. The van der Waals surface area contributed by atoms with Crippen molar-refractivity contribution >= 4 is 22.9 Å². The summed E-state index contributed by atoms with van der Waals surface area (Å²) in [7, 11) is 0. The topological polar surface area (TPSA) is 77.2 Å². The van der Waals surface area contributed by atoms with E-state index in [-0.39, 0.29) is 5.91 Å². The molecule has 0 atom stereocenters. The number of hydrogen-bond donors (Lipinski definition) is 2. The number of anilines is 1. The number of amides is 1. The Bertz CT molecular complexity index is 691. The van der Waals surface area contributed by atoms with Crippen LogP contribution < -0.4 is 15.8 Å². The summed E-state index contributed by atoms with van der Waals surface area (Å²) < 4.78 is 5.43. The molecule has 1 aliphatic rings. The normalized spacial score (nSPS) is 14.8. The van der Waals surface area contributed by atoms with Crippen LogP contribution in [0.4, 0.5) is 5.69 Å². The van der Waals surface area contributed by atoms with Crippen LogP contribution in [0.15, 0.2) is 24.3 Å². The first-order valence-corrected chi connectivity index (χ1v) is 9.20. The fraction of sp³-hybridized carbons (Fsp3) is 0.444. The third kappa shape index (κ3) is 3.94. The van der Waals surface area contributed by atoms with E-state index < -0.39 is 0 Å². The van der Waals surface area contributed by atoms with Gasteiger partial charge in [-0.1, -0.05) is 12.8 Å². The van der Waals surface area contributed by atoms with Gasteiger partial charge in [0, 0.05) is 18.2 Å². The maximum atomic E-state index is 12.5. The van der Waals surface area contributed by atoms with Crippen molar-refractivity contribution in [1.29, 1.82) is 0 Å². The third-order valence-electron chi connectivity index (χ3n) is 4.22. The number of carbonyl (C=O) groups excluding carboxylic acids is 1. The Morgan fingerprint density at radius 1 is 1.33 bits per heavy atom. The Kier molecular flexibility index (Phi) is 5.48. The fourth-order valence-corrected chi connectivity index (χ4v) is 4.11. The average Bonchev–Trinajstić information content (AvgIpc) is 3.23. The average molecular weight is 345 g/mol. The van der Waals surface area contributed by atoms with Crippen LogP contribution in [0, 0.1) is 6.92 Å². The van der Waals surface area contributed by atoms with Crippen molar-refractivity contribution < 1.29 is 9.53 Å². The van der Waals surface area contributed by atoms with Crippen molar-refractivity contribution in [3.8, 4) is 5.75 Å². The first-order chi connectivity index (χ1) is 11.7. The Labute approximate surface area is 146 Å². The van der Waals surface area contributed by atoms with Crippen LogP contribution in [0.3, 0.4) is 0 Å². The maximum Gasteiger partial charge on any atom is 0.267 e. The molecule has 128 valence electrons. The van der Waals surface area contributed by atoms with E-state index in [2.05, 4.69) is 10.3 Å². The molecule has 0 spiro atoms. The highest BCUT2D eigenvalue weighted by molar-refractivity contribution is 7.14. The van der Waals surface area contributed by atoms with Crippen molar-refractivity contribution in [2.45, 2.75) is 38.5 Å². The summed E-state index contributed by atoms with van der Waals surface area (Å²) in [4.78, 5) is 17.9. The summed E-state index contributed by atoms with van der Waals surface area (Å²) in [6.45, 7) is 2.87. The van der Waals surface area contributed by atoms with E-state index in [9.17, 15) is 4.79 Å². The summed E-state index contributed by atoms with van der Waals surface area (Å²) in [5.41, 5.74) is 6.98. The molecular weight excluding hydrogens is 322 g/mol. The number of nitrogens with one attached hydrogen (secondary N) is 1. The Balaban J connectivity index is 1.66. The van der Waals surface area contributed by atoms with Crippen molar-refractivity contribution in [3.05, 3.63) is 39.8 Å². The van der Waals surface area contributed by atoms with Gasteiger partial charge in [-0.25, -0.2) is 4.98 Å². The van der Waals surface area contributed by atoms with E-state index in [0.29, 0.717) is 23.9 Å². The Morgan fingerprint density at radius 3 is 2.71 bits per heavy atom. The highest BCUT2D eigenvalue weighted by Crippen LogP contribution is 2.37. The van der Waals surface area contributed by atoms with Gasteiger partial charge in [0.15, 0.2) is 0 Å². The molecule has 1 saturated carbocycles. The van der Waals surface area contributed by atoms with Gasteiger partial charge in [-0.05, 0) is 44.0 Å². The van der Waals surface area contributed by atoms with Gasteiger partial charge >= 0.3 is 0 Å². The van der Waals surface area contributed by atoms with Crippen molar-refractivity contribution in [2.24, 2.45) is 5.73 Å². The molecule has 24 heavy (non-hydrogen) atoms. The molecule has 1 amide bonds. The SMILES string of the molecule is Cc1nc(C2CCCC2)sc1C(=O)Nc1ccc(OCCN)cc1. The van der Waals surface area contributed by atoms with Crippen LogP contribution in [0.2, 0.25) is 0 Å². The molecule has 0 aliphatic heterocycles. The molecule has 6 heteroatoms. The number of nitrogens with two attached hydrogens (primary N) is 1. The van der Waals surface area contributed by atoms with E-state index in [1.165, 1.54) is 37.0 Å². The van der Waals surface area contributed by atoms with E-state index in [1.54, 1.807) is 0 Å². The second kappa shape index (κ2) is 7.77. The molecule has 3 rings (SSSR count). The summed E-state index contributed by atoms with van der Waals surface area (Å²) >= 11 is 1.54. The van der Waals surface area contributed by atoms with Crippen LogP contribution in [-0.4, -0.2) is 24.0 Å². The van der Waals surface area contributed by atoms with Gasteiger partial charge in [-0.2, -0.15) is 0 Å². The number of aromatic nitrogens is 1. The van der Waals surface area contributed by atoms with Gasteiger partial charge in [-0.15, -0.1) is 11.3 Å². The van der Waals surface area contributed by atoms with Gasteiger partial charge in [0.05, 0.1) is 10.7 Å². The number of hydrogen-bond acceptors (Lipinski definition) is 5. The highest BCUT2D eigenvalue weighted by Gasteiger charge is 2.23. The molecule has 0 radical (unpaired) electrons. The number of aryl methyl sites for hydroxylation is 1. The third-order valence-corrected chi connectivity index (χ3v) is 5.54. The zero-order valence-corrected chi connectivity index (χ0v) is 14.7. The zero-order chi connectivity index (χ0) is 16.9. The molecule has 1 aliphatic carbocycles. The minimum atomic E-state index is -0.0927. The van der Waals surface area contributed by atoms with Crippen molar-refractivity contribution in [3.63, 3.8) is 0 Å². The lowest BCUT2D eigenvalue weighted by atomic mass is 10.1. The molecule has 1 heterocycles. The monoisotopic (exact) mass is 345 g/mol. The van der Waals surface area contributed by atoms with Crippen LogP contribution in [0.5, 0.6) is 5.75 Å². The van der Waals surface area contributed by atoms with Gasteiger partial charge in [0.25, 0.3) is 5.91 Å². The largest absolute Gasteiger partial charge is 0.492 e. The molecule has 0 bridgehead atoms. The smallest absolute Gasteiger partial charge is 0.267 e. The predicted octanol–water partition coefficient (Wildman–Crippen LogP) is 3.70. The number of carbonyl (C=O) groups is 1. The van der Waals surface area contributed by atoms with Crippen LogP contribution >= 0.6 is 11.3 Å². The number of ether oxygens (including phenoxy) is 1. The van der Waals surface area contributed by atoms with Crippen molar-refractivity contribution in [1.82, 2.24) is 4.98 Å². The molecule has 1 aromatic heterocycles. The molecular formula is C18H23N3O2S. The Hall–Kier alpha value is -1.92. The van der Waals surface area contributed by atoms with Crippen LogP contribution in [0.25, 0.3) is 0 Å². The lowest BCUT2D eigenvalue weighted by Gasteiger charge is -2.07. The summed E-state index contributed by atoms with van der Waals surface area (Å²) in [5.74, 6) is 1.19. The zero-order valence-electron chi connectivity index (χ0n) is 13.9. The van der Waals surface area contributed by atoms with Gasteiger partial charge in [0.1, 0.15) is 17.2 Å². The number of rotatable bonds is 6. The van der Waals surface area contributed by atoms with Crippen LogP contribution in [-0.2, 0) is 0 Å². The summed E-state index contributed by atoms with van der Waals surface area (Å²) in [6.07, 6.45) is 4.92. The van der Waals surface area contributed by atoms with Crippen molar-refractivity contribution in [2.75, 3.05) is 18.5 Å². The lowest BCUT2D eigenvalue weighted by Crippen LogP contribution is -2.12. The maximum absolute atomic E-state index is 12.5. The van der Waals surface area contributed by atoms with E-state index in [4.69, 9.17) is 10.5 Å². The molecule has 5 nitrogen and oxygen atoms in total. The molecule has 1 fully saturated rings. The molecule has 3 N–H and O–H groups in total. The number of thiazole rings is 1. The van der Waals surface area contributed by atoms with Gasteiger partial charge < -0.3 is 15.8 Å². The van der Waals surface area contributed by atoms with E-state index in [1.807, 2.05) is 31.2 Å². The lowest BCUT2D eigenvalue weighted by molar-refractivity contribution is 0.103. The number of benzene rings is 1. The molecule has 0 unspecified atom stereocenters. The minimum absolute atomic E-state index is 0.0927. The van der Waals surface area contributed by atoms with E-state index in [0.717, 1.165) is 22.1 Å². The summed E-state index contributed by atoms with van der Waals surface area (Å²) in [6, 6.07) is 7.32. The minimum Gasteiger partial charge on any atom is -0.492 e. The summed E-state index contributed by atoms with van der Waals surface area (Å²) in [5, 5.41) is 4.05. The second-order valence-corrected chi connectivity index (χ2v) is 7.09. The molecule has 2 aromatic rings. The van der Waals surface area contributed by atoms with E-state index >= 15 is 0 Å². The first-order valence-electron chi connectivity index (χ1n) is 8.39. The van der Waals surface area contributed by atoms with Gasteiger partial charge in [0.2, 0.25) is 0 Å². The molecule has 0 saturated heterocycles. The van der Waals surface area contributed by atoms with Gasteiger partial charge in [-0.3, -0.25) is 4.79 Å². The second-order valence-electron chi connectivity index (χ2n) is 6.06. The fourth-order valence-electron chi connectivity index (χ4n) is 2.97. The highest BCUT2D eigenvalue weighted by atomic mass is 32.1. The first kappa shape index (κ1) is 16.9. The standard InChI is InChI=1S/C18H23N3O2S/c1-12-16(24-18(20-12)13-4-2-3-5-13)17(22)21-14-6-8-15(9-7-14)23-11-10-19/h6-9,13H,2-5,10-11,19H2,1H3,(H,21,22). The van der Waals surface area contributed by atoms with Crippen LogP contribution in [0.1, 0.15) is 52.0 Å². The predicted molar refractivity (Wildman–Crippen MR) is 97.0 cm³/mol. The Morgan fingerprint density at radius 2 is 2.04 bits per heavy atom.